The number of thiazole rings is 1. The lowest BCUT2D eigenvalue weighted by atomic mass is 9.92. The fourth-order valence-corrected chi connectivity index (χ4v) is 3.35. The Morgan fingerprint density at radius 3 is 3.00 bits per heavy atom. The van der Waals surface area contributed by atoms with Crippen LogP contribution in [0.15, 0.2) is 17.6 Å². The number of benzene rings is 1. The summed E-state index contributed by atoms with van der Waals surface area (Å²) in [5.74, 6) is 0.652. The minimum absolute atomic E-state index is 0.405. The molecule has 0 radical (unpaired) electrons. The lowest BCUT2D eigenvalue weighted by Gasteiger charge is -2.29. The van der Waals surface area contributed by atoms with Gasteiger partial charge in [0.2, 0.25) is 0 Å². The average Bonchev–Trinajstić information content (AvgIpc) is 2.92. The van der Waals surface area contributed by atoms with Crippen LogP contribution in [-0.4, -0.2) is 24.2 Å². The third-order valence-corrected chi connectivity index (χ3v) is 4.69. The number of ether oxygens (including phenoxy) is 1. The summed E-state index contributed by atoms with van der Waals surface area (Å²) in [6.45, 7) is 3.97. The maximum atomic E-state index is 6.20. The number of rotatable bonds is 3. The van der Waals surface area contributed by atoms with Gasteiger partial charge in [-0.2, -0.15) is 0 Å². The average molecular weight is 277 g/mol. The summed E-state index contributed by atoms with van der Waals surface area (Å²) in [5, 5.41) is 3.55. The predicted molar refractivity (Wildman–Crippen MR) is 80.7 cm³/mol. The van der Waals surface area contributed by atoms with E-state index in [1.54, 1.807) is 11.3 Å². The van der Waals surface area contributed by atoms with Crippen LogP contribution in [0.5, 0.6) is 0 Å². The fraction of sp³-hybridized carbons (Fsp3) is 0.500. The minimum atomic E-state index is 0.405. The van der Waals surface area contributed by atoms with Gasteiger partial charge in [-0.3, -0.25) is 0 Å². The number of nitrogens with two attached hydrogens (primary N) is 1. The Balaban J connectivity index is 1.78. The van der Waals surface area contributed by atoms with Gasteiger partial charge >= 0.3 is 0 Å². The number of aromatic nitrogens is 1. The highest BCUT2D eigenvalue weighted by Gasteiger charge is 2.21. The quantitative estimate of drug-likeness (QED) is 0.846. The van der Waals surface area contributed by atoms with Crippen molar-refractivity contribution in [1.29, 1.82) is 0 Å². The van der Waals surface area contributed by atoms with Crippen molar-refractivity contribution in [2.24, 2.45) is 5.92 Å². The highest BCUT2D eigenvalue weighted by molar-refractivity contribution is 7.16. The van der Waals surface area contributed by atoms with E-state index >= 15 is 0 Å². The van der Waals surface area contributed by atoms with Gasteiger partial charge in [0.25, 0.3) is 0 Å². The van der Waals surface area contributed by atoms with Crippen molar-refractivity contribution < 1.29 is 4.74 Å². The number of nitrogens with zero attached hydrogens (tertiary/aromatic N) is 1. The SMILES string of the molecule is CC(Nc1ccc2scnc2c1N)C1CCOCC1. The molecule has 0 saturated carbocycles. The molecule has 102 valence electrons. The zero-order valence-corrected chi connectivity index (χ0v) is 11.9. The lowest BCUT2D eigenvalue weighted by Crippen LogP contribution is -2.31. The molecule has 1 aromatic carbocycles. The highest BCUT2D eigenvalue weighted by atomic mass is 32.1. The molecule has 4 nitrogen and oxygen atoms in total. The van der Waals surface area contributed by atoms with Crippen molar-refractivity contribution in [2.45, 2.75) is 25.8 Å². The Morgan fingerprint density at radius 1 is 1.42 bits per heavy atom. The Morgan fingerprint density at radius 2 is 2.21 bits per heavy atom. The summed E-state index contributed by atoms with van der Waals surface area (Å²) in [6.07, 6.45) is 2.24. The monoisotopic (exact) mass is 277 g/mol. The number of hydrogen-bond donors (Lipinski definition) is 2. The van der Waals surface area contributed by atoms with Crippen LogP contribution < -0.4 is 11.1 Å². The van der Waals surface area contributed by atoms with E-state index in [-0.39, 0.29) is 0 Å². The highest BCUT2D eigenvalue weighted by Crippen LogP contribution is 2.31. The van der Waals surface area contributed by atoms with Gasteiger partial charge in [0.15, 0.2) is 0 Å². The number of hydrogen-bond acceptors (Lipinski definition) is 5. The Kier molecular flexibility index (Phi) is 3.57. The van der Waals surface area contributed by atoms with Crippen LogP contribution in [0.1, 0.15) is 19.8 Å². The largest absolute Gasteiger partial charge is 0.395 e. The molecule has 19 heavy (non-hydrogen) atoms. The second-order valence-corrected chi connectivity index (χ2v) is 6.00. The molecular weight excluding hydrogens is 258 g/mol. The van der Waals surface area contributed by atoms with Crippen molar-refractivity contribution in [1.82, 2.24) is 4.98 Å². The molecule has 5 heteroatoms. The molecule has 3 rings (SSSR count). The second-order valence-electron chi connectivity index (χ2n) is 5.11. The van der Waals surface area contributed by atoms with Gasteiger partial charge in [0.1, 0.15) is 5.52 Å². The molecule has 0 spiro atoms. The van der Waals surface area contributed by atoms with Crippen molar-refractivity contribution in [3.05, 3.63) is 17.6 Å². The lowest BCUT2D eigenvalue weighted by molar-refractivity contribution is 0.0622. The van der Waals surface area contributed by atoms with Crippen LogP contribution in [0.4, 0.5) is 11.4 Å². The number of nitrogen functional groups attached to an aromatic ring is 1. The third-order valence-electron chi connectivity index (χ3n) is 3.90. The number of anilines is 2. The minimum Gasteiger partial charge on any atom is -0.395 e. The van der Waals surface area contributed by atoms with Crippen molar-refractivity contribution in [3.8, 4) is 0 Å². The molecule has 3 N–H and O–H groups in total. The molecule has 1 atom stereocenters. The molecule has 2 heterocycles. The first-order valence-electron chi connectivity index (χ1n) is 6.71. The molecule has 1 unspecified atom stereocenters. The normalized spacial score (nSPS) is 18.6. The zero-order valence-electron chi connectivity index (χ0n) is 11.1. The molecule has 1 aromatic heterocycles. The molecule has 1 saturated heterocycles. The molecule has 1 aliphatic heterocycles. The molecule has 2 aromatic rings. The smallest absolute Gasteiger partial charge is 0.106 e. The summed E-state index contributed by atoms with van der Waals surface area (Å²) in [7, 11) is 0. The first-order chi connectivity index (χ1) is 9.25. The summed E-state index contributed by atoms with van der Waals surface area (Å²) in [5.41, 5.74) is 10.7. The van der Waals surface area contributed by atoms with E-state index in [2.05, 4.69) is 29.4 Å². The van der Waals surface area contributed by atoms with E-state index < -0.39 is 0 Å². The number of fused-ring (bicyclic) bond motifs is 1. The van der Waals surface area contributed by atoms with E-state index in [9.17, 15) is 0 Å². The molecule has 0 aliphatic carbocycles. The number of nitrogens with one attached hydrogen (secondary N) is 1. The van der Waals surface area contributed by atoms with E-state index in [0.717, 1.165) is 47.6 Å². The Hall–Kier alpha value is -1.33. The van der Waals surface area contributed by atoms with Gasteiger partial charge in [0, 0.05) is 19.3 Å². The topological polar surface area (TPSA) is 60.2 Å². The summed E-state index contributed by atoms with van der Waals surface area (Å²) in [4.78, 5) is 4.33. The van der Waals surface area contributed by atoms with E-state index in [1.165, 1.54) is 0 Å². The molecule has 0 bridgehead atoms. The first kappa shape index (κ1) is 12.7. The van der Waals surface area contributed by atoms with E-state index in [4.69, 9.17) is 10.5 Å². The van der Waals surface area contributed by atoms with Gasteiger partial charge in [0.05, 0.1) is 21.6 Å². The van der Waals surface area contributed by atoms with Crippen molar-refractivity contribution in [3.63, 3.8) is 0 Å². The van der Waals surface area contributed by atoms with Gasteiger partial charge in [-0.15, -0.1) is 11.3 Å². The molecule has 1 fully saturated rings. The fourth-order valence-electron chi connectivity index (χ4n) is 2.66. The van der Waals surface area contributed by atoms with Crippen LogP contribution in [0, 0.1) is 5.92 Å². The van der Waals surface area contributed by atoms with Gasteiger partial charge < -0.3 is 15.8 Å². The predicted octanol–water partition coefficient (Wildman–Crippen LogP) is 3.11. The van der Waals surface area contributed by atoms with Crippen LogP contribution in [0.2, 0.25) is 0 Å². The Bertz CT molecular complexity index is 563. The van der Waals surface area contributed by atoms with E-state index in [0.29, 0.717) is 12.0 Å². The maximum absolute atomic E-state index is 6.20. The summed E-state index contributed by atoms with van der Waals surface area (Å²) in [6, 6.07) is 4.55. The van der Waals surface area contributed by atoms with Crippen molar-refractivity contribution >= 4 is 32.9 Å². The molecular formula is C14H19N3OS. The third kappa shape index (κ3) is 2.53. The summed E-state index contributed by atoms with van der Waals surface area (Å²) < 4.78 is 6.55. The summed E-state index contributed by atoms with van der Waals surface area (Å²) >= 11 is 1.62. The second kappa shape index (κ2) is 5.35. The van der Waals surface area contributed by atoms with Crippen LogP contribution in [0.3, 0.4) is 0 Å². The van der Waals surface area contributed by atoms with Crippen LogP contribution >= 0.6 is 11.3 Å². The standard InChI is InChI=1S/C14H19N3OS/c1-9(10-4-6-18-7-5-10)17-11-2-3-12-14(13(11)15)16-8-19-12/h2-3,8-10,17H,4-7,15H2,1H3. The molecule has 0 amide bonds. The van der Waals surface area contributed by atoms with E-state index in [1.807, 2.05) is 5.51 Å². The van der Waals surface area contributed by atoms with Gasteiger partial charge in [-0.1, -0.05) is 0 Å². The van der Waals surface area contributed by atoms with Gasteiger partial charge in [-0.25, -0.2) is 4.98 Å². The molecule has 1 aliphatic rings. The Labute approximate surface area is 117 Å². The van der Waals surface area contributed by atoms with Crippen LogP contribution in [-0.2, 0) is 4.74 Å². The van der Waals surface area contributed by atoms with Crippen LogP contribution in [0.25, 0.3) is 10.2 Å². The zero-order chi connectivity index (χ0) is 13.2. The first-order valence-corrected chi connectivity index (χ1v) is 7.59. The van der Waals surface area contributed by atoms with Gasteiger partial charge in [-0.05, 0) is 37.8 Å². The van der Waals surface area contributed by atoms with Crippen molar-refractivity contribution in [2.75, 3.05) is 24.3 Å². The maximum Gasteiger partial charge on any atom is 0.106 e.